The Hall–Kier alpha value is -1.15. The highest BCUT2D eigenvalue weighted by atomic mass is 32.2. The summed E-state index contributed by atoms with van der Waals surface area (Å²) in [5.74, 6) is 0.198. The molecule has 1 saturated heterocycles. The molecule has 3 rings (SSSR count). The minimum absolute atomic E-state index is 0.0788. The number of carbonyl (C=O) groups excluding carboxylic acids is 1. The molecule has 1 aliphatic heterocycles. The van der Waals surface area contributed by atoms with Gasteiger partial charge in [-0.15, -0.1) is 11.3 Å². The Labute approximate surface area is 124 Å². The zero-order valence-corrected chi connectivity index (χ0v) is 12.2. The Morgan fingerprint density at radius 3 is 2.75 bits per heavy atom. The molecule has 0 saturated carbocycles. The van der Waals surface area contributed by atoms with E-state index in [4.69, 9.17) is 0 Å². The number of hydrogen-bond donors (Lipinski definition) is 2. The number of hydrogen-bond acceptors (Lipinski definition) is 6. The molecular weight excluding hydrogens is 296 g/mol. The van der Waals surface area contributed by atoms with Crippen LogP contribution in [0.15, 0.2) is 28.6 Å². The number of fused-ring (bicyclic) bond motifs is 1. The second kappa shape index (κ2) is 5.69. The predicted molar refractivity (Wildman–Crippen MR) is 78.9 cm³/mol. The molecule has 2 unspecified atom stereocenters. The highest BCUT2D eigenvalue weighted by Crippen LogP contribution is 2.29. The third kappa shape index (κ3) is 2.80. The average molecular weight is 310 g/mol. The van der Waals surface area contributed by atoms with Crippen LogP contribution in [-0.4, -0.2) is 57.1 Å². The fourth-order valence-electron chi connectivity index (χ4n) is 2.10. The number of nitrogens with zero attached hydrogens (tertiary/aromatic N) is 2. The van der Waals surface area contributed by atoms with Crippen molar-refractivity contribution in [2.75, 3.05) is 18.8 Å². The number of amides is 1. The molecule has 2 aromatic rings. The normalized spacial score (nSPS) is 22.6. The Morgan fingerprint density at radius 1 is 1.35 bits per heavy atom. The zero-order valence-electron chi connectivity index (χ0n) is 10.6. The lowest BCUT2D eigenvalue weighted by molar-refractivity contribution is -0.127. The molecule has 1 fully saturated rings. The topological polar surface area (TPSA) is 73.7 Å². The van der Waals surface area contributed by atoms with Crippen molar-refractivity contribution < 1.29 is 15.0 Å². The van der Waals surface area contributed by atoms with Crippen LogP contribution in [0.25, 0.3) is 10.2 Å². The van der Waals surface area contributed by atoms with Gasteiger partial charge in [0, 0.05) is 13.1 Å². The number of aromatic nitrogens is 1. The second-order valence-electron chi connectivity index (χ2n) is 4.67. The summed E-state index contributed by atoms with van der Waals surface area (Å²) in [5.41, 5.74) is 0.944. The molecule has 2 N–H and O–H groups in total. The van der Waals surface area contributed by atoms with Gasteiger partial charge in [0.15, 0.2) is 4.34 Å². The maximum atomic E-state index is 12.0. The number of benzene rings is 1. The number of β-amino-alcohol motifs (C(OH)–C–C–N with tert-alkyl or cyclic N) is 2. The third-order valence-electron chi connectivity index (χ3n) is 3.21. The van der Waals surface area contributed by atoms with Crippen molar-refractivity contribution in [2.45, 2.75) is 16.5 Å². The molecule has 0 radical (unpaired) electrons. The second-order valence-corrected chi connectivity index (χ2v) is 6.92. The molecule has 0 aliphatic carbocycles. The first-order valence-electron chi connectivity index (χ1n) is 6.26. The average Bonchev–Trinajstić information content (AvgIpc) is 3.00. The van der Waals surface area contributed by atoms with E-state index in [0.29, 0.717) is 0 Å². The number of carbonyl (C=O) groups is 1. The minimum Gasteiger partial charge on any atom is -0.388 e. The van der Waals surface area contributed by atoms with E-state index in [0.717, 1.165) is 14.6 Å². The summed E-state index contributed by atoms with van der Waals surface area (Å²) in [5, 5.41) is 18.9. The summed E-state index contributed by atoms with van der Waals surface area (Å²) in [6.45, 7) is 0.417. The first-order valence-corrected chi connectivity index (χ1v) is 8.06. The Kier molecular flexibility index (Phi) is 3.93. The van der Waals surface area contributed by atoms with E-state index in [9.17, 15) is 15.0 Å². The van der Waals surface area contributed by atoms with Gasteiger partial charge in [-0.25, -0.2) is 4.98 Å². The van der Waals surface area contributed by atoms with Gasteiger partial charge in [0.1, 0.15) is 0 Å². The smallest absolute Gasteiger partial charge is 0.233 e. The largest absolute Gasteiger partial charge is 0.388 e. The molecule has 1 aliphatic rings. The molecule has 106 valence electrons. The number of aliphatic hydroxyl groups is 2. The highest BCUT2D eigenvalue weighted by molar-refractivity contribution is 8.01. The van der Waals surface area contributed by atoms with Crippen LogP contribution in [0.4, 0.5) is 0 Å². The summed E-state index contributed by atoms with van der Waals surface area (Å²) >= 11 is 2.96. The van der Waals surface area contributed by atoms with Crippen molar-refractivity contribution in [2.24, 2.45) is 0 Å². The van der Waals surface area contributed by atoms with E-state index in [1.165, 1.54) is 16.7 Å². The Bertz CT molecular complexity index is 588. The van der Waals surface area contributed by atoms with Crippen LogP contribution in [0, 0.1) is 0 Å². The molecule has 1 aromatic heterocycles. The molecular formula is C13H14N2O3S2. The predicted octanol–water partition coefficient (Wildman–Crippen LogP) is 0.952. The standard InChI is InChI=1S/C13H14N2O3S2/c16-9-5-15(6-10(9)17)12(18)7-19-13-14-8-3-1-2-4-11(8)20-13/h1-4,9-10,16-17H,5-7H2. The van der Waals surface area contributed by atoms with Gasteiger partial charge in [-0.05, 0) is 12.1 Å². The third-order valence-corrected chi connectivity index (χ3v) is 5.37. The summed E-state index contributed by atoms with van der Waals surface area (Å²) in [7, 11) is 0. The van der Waals surface area contributed by atoms with Gasteiger partial charge in [-0.3, -0.25) is 4.79 Å². The lowest BCUT2D eigenvalue weighted by Crippen LogP contribution is -2.31. The highest BCUT2D eigenvalue weighted by Gasteiger charge is 2.32. The molecule has 2 heterocycles. The number of thioether (sulfide) groups is 1. The van der Waals surface area contributed by atoms with Crippen molar-refractivity contribution in [3.63, 3.8) is 0 Å². The van der Waals surface area contributed by atoms with Crippen LogP contribution in [0.2, 0.25) is 0 Å². The molecule has 7 heteroatoms. The quantitative estimate of drug-likeness (QED) is 0.826. The van der Waals surface area contributed by atoms with E-state index in [1.807, 2.05) is 24.3 Å². The van der Waals surface area contributed by atoms with Gasteiger partial charge in [-0.1, -0.05) is 23.9 Å². The van der Waals surface area contributed by atoms with E-state index in [1.54, 1.807) is 11.3 Å². The maximum Gasteiger partial charge on any atom is 0.233 e. The van der Waals surface area contributed by atoms with Crippen LogP contribution >= 0.6 is 23.1 Å². The van der Waals surface area contributed by atoms with Crippen molar-refractivity contribution >= 4 is 39.2 Å². The number of rotatable bonds is 3. The van der Waals surface area contributed by atoms with E-state index in [-0.39, 0.29) is 24.7 Å². The van der Waals surface area contributed by atoms with Gasteiger partial charge >= 0.3 is 0 Å². The molecule has 0 bridgehead atoms. The fourth-order valence-corrected chi connectivity index (χ4v) is 4.07. The summed E-state index contributed by atoms with van der Waals surface area (Å²) in [4.78, 5) is 17.9. The number of aliphatic hydroxyl groups excluding tert-OH is 2. The lowest BCUT2D eigenvalue weighted by atomic mass is 10.3. The first-order chi connectivity index (χ1) is 9.63. The zero-order chi connectivity index (χ0) is 14.1. The summed E-state index contributed by atoms with van der Waals surface area (Å²) in [6.07, 6.45) is -1.65. The van der Waals surface area contributed by atoms with Crippen LogP contribution in [-0.2, 0) is 4.79 Å². The van der Waals surface area contributed by atoms with Crippen LogP contribution in [0.1, 0.15) is 0 Å². The Balaban J connectivity index is 1.60. The number of thiazole rings is 1. The SMILES string of the molecule is O=C(CSc1nc2ccccc2s1)N1CC(O)C(O)C1. The molecule has 1 aromatic carbocycles. The van der Waals surface area contributed by atoms with E-state index in [2.05, 4.69) is 4.98 Å². The molecule has 2 atom stereocenters. The summed E-state index contributed by atoms with van der Waals surface area (Å²) < 4.78 is 1.97. The first kappa shape index (κ1) is 13.8. The van der Waals surface area contributed by atoms with Gasteiger partial charge in [0.25, 0.3) is 0 Å². The molecule has 1 amide bonds. The molecule has 5 nitrogen and oxygen atoms in total. The molecule has 20 heavy (non-hydrogen) atoms. The van der Waals surface area contributed by atoms with Gasteiger partial charge in [0.2, 0.25) is 5.91 Å². The monoisotopic (exact) mass is 310 g/mol. The minimum atomic E-state index is -0.827. The maximum absolute atomic E-state index is 12.0. The Morgan fingerprint density at radius 2 is 2.05 bits per heavy atom. The van der Waals surface area contributed by atoms with Crippen LogP contribution < -0.4 is 0 Å². The lowest BCUT2D eigenvalue weighted by Gasteiger charge is -2.14. The van der Waals surface area contributed by atoms with Crippen molar-refractivity contribution in [1.82, 2.24) is 9.88 Å². The van der Waals surface area contributed by atoms with E-state index < -0.39 is 12.2 Å². The summed E-state index contributed by atoms with van der Waals surface area (Å²) in [6, 6.07) is 7.86. The number of likely N-dealkylation sites (tertiary alicyclic amines) is 1. The van der Waals surface area contributed by atoms with Gasteiger partial charge in [-0.2, -0.15) is 0 Å². The van der Waals surface area contributed by atoms with Gasteiger partial charge in [0.05, 0.1) is 28.2 Å². The molecule has 0 spiro atoms. The van der Waals surface area contributed by atoms with Crippen LogP contribution in [0.3, 0.4) is 0 Å². The van der Waals surface area contributed by atoms with Crippen LogP contribution in [0.5, 0.6) is 0 Å². The van der Waals surface area contributed by atoms with Crippen molar-refractivity contribution in [1.29, 1.82) is 0 Å². The van der Waals surface area contributed by atoms with Crippen molar-refractivity contribution in [3.8, 4) is 0 Å². The number of para-hydroxylation sites is 1. The fraction of sp³-hybridized carbons (Fsp3) is 0.385. The van der Waals surface area contributed by atoms with E-state index >= 15 is 0 Å². The van der Waals surface area contributed by atoms with Crippen molar-refractivity contribution in [3.05, 3.63) is 24.3 Å². The van der Waals surface area contributed by atoms with Gasteiger partial charge < -0.3 is 15.1 Å².